The van der Waals surface area contributed by atoms with E-state index >= 15 is 0 Å². The van der Waals surface area contributed by atoms with Crippen molar-refractivity contribution in [3.8, 4) is 11.3 Å². The highest BCUT2D eigenvalue weighted by Gasteiger charge is 2.52. The number of fused-ring (bicyclic) bond motifs is 1. The molecule has 2 N–H and O–H groups in total. The van der Waals surface area contributed by atoms with E-state index in [0.29, 0.717) is 17.5 Å². The minimum absolute atomic E-state index is 0.428. The molecule has 0 radical (unpaired) electrons. The lowest BCUT2D eigenvalue weighted by Gasteiger charge is -2.56. The van der Waals surface area contributed by atoms with Crippen molar-refractivity contribution in [3.63, 3.8) is 0 Å². The molecule has 2 aliphatic rings. The summed E-state index contributed by atoms with van der Waals surface area (Å²) in [5, 5.41) is 4.56. The molecule has 0 unspecified atom stereocenters. The van der Waals surface area contributed by atoms with Crippen LogP contribution < -0.4 is 5.73 Å². The van der Waals surface area contributed by atoms with E-state index < -0.39 is 0 Å². The molecule has 0 saturated heterocycles. The number of nitrogens with two attached hydrogens (primary N) is 1. The fourth-order valence-corrected chi connectivity index (χ4v) is 4.28. The average Bonchev–Trinajstić information content (AvgIpc) is 2.98. The van der Waals surface area contributed by atoms with Gasteiger partial charge < -0.3 is 5.73 Å². The molecule has 3 aromatic rings. The largest absolute Gasteiger partial charge is 0.328 e. The van der Waals surface area contributed by atoms with Gasteiger partial charge in [0.1, 0.15) is 0 Å². The highest BCUT2D eigenvalue weighted by atomic mass is 15.3. The molecule has 0 bridgehead atoms. The molecule has 5 heteroatoms. The summed E-state index contributed by atoms with van der Waals surface area (Å²) in [6.45, 7) is 0. The van der Waals surface area contributed by atoms with Crippen molar-refractivity contribution >= 4 is 11.0 Å². The SMILES string of the molecule is NC1CC2(C1)CC(n1cc(-c3cnc4ccccc4n3)cn1)C2. The van der Waals surface area contributed by atoms with E-state index in [1.807, 2.05) is 36.7 Å². The zero-order chi connectivity index (χ0) is 15.4. The molecular formula is C18H19N5. The molecule has 0 aliphatic heterocycles. The van der Waals surface area contributed by atoms with Crippen LogP contribution in [0.2, 0.25) is 0 Å². The Morgan fingerprint density at radius 1 is 1.04 bits per heavy atom. The monoisotopic (exact) mass is 305 g/mol. The molecule has 2 aliphatic carbocycles. The first-order chi connectivity index (χ1) is 11.2. The summed E-state index contributed by atoms with van der Waals surface area (Å²) in [6.07, 6.45) is 10.6. The molecule has 2 heterocycles. The number of hydrogen-bond acceptors (Lipinski definition) is 4. The zero-order valence-electron chi connectivity index (χ0n) is 12.9. The Bertz CT molecular complexity index is 870. The van der Waals surface area contributed by atoms with Crippen LogP contribution in [0.3, 0.4) is 0 Å². The highest BCUT2D eigenvalue weighted by Crippen LogP contribution is 2.59. The van der Waals surface area contributed by atoms with Crippen LogP contribution in [0.15, 0.2) is 42.9 Å². The van der Waals surface area contributed by atoms with Gasteiger partial charge in [0.2, 0.25) is 0 Å². The van der Waals surface area contributed by atoms with Crippen LogP contribution in [0.25, 0.3) is 22.3 Å². The maximum atomic E-state index is 5.94. The third-order valence-corrected chi connectivity index (χ3v) is 5.45. The average molecular weight is 305 g/mol. The van der Waals surface area contributed by atoms with Crippen molar-refractivity contribution < 1.29 is 0 Å². The maximum Gasteiger partial charge on any atom is 0.0924 e. The van der Waals surface area contributed by atoms with Crippen molar-refractivity contribution in [1.82, 2.24) is 19.7 Å². The lowest BCUT2D eigenvalue weighted by atomic mass is 9.52. The first-order valence-corrected chi connectivity index (χ1v) is 8.23. The van der Waals surface area contributed by atoms with E-state index in [4.69, 9.17) is 10.7 Å². The van der Waals surface area contributed by atoms with Gasteiger partial charge in [-0.3, -0.25) is 9.67 Å². The number of benzene rings is 1. The Labute approximate surface area is 134 Å². The van der Waals surface area contributed by atoms with Crippen LogP contribution in [-0.4, -0.2) is 25.8 Å². The maximum absolute atomic E-state index is 5.94. The van der Waals surface area contributed by atoms with Crippen LogP contribution in [0.4, 0.5) is 0 Å². The first-order valence-electron chi connectivity index (χ1n) is 8.23. The van der Waals surface area contributed by atoms with Gasteiger partial charge in [-0.25, -0.2) is 4.98 Å². The minimum Gasteiger partial charge on any atom is -0.328 e. The van der Waals surface area contributed by atoms with Gasteiger partial charge in [-0.05, 0) is 43.2 Å². The molecule has 116 valence electrons. The van der Waals surface area contributed by atoms with E-state index in [9.17, 15) is 0 Å². The molecule has 5 nitrogen and oxygen atoms in total. The summed E-state index contributed by atoms with van der Waals surface area (Å²) in [5.41, 5.74) is 10.2. The number of para-hydroxylation sites is 2. The molecule has 23 heavy (non-hydrogen) atoms. The number of rotatable bonds is 2. The second-order valence-electron chi connectivity index (χ2n) is 7.18. The third-order valence-electron chi connectivity index (χ3n) is 5.45. The Kier molecular flexibility index (Phi) is 2.65. The molecule has 1 spiro atoms. The third kappa shape index (κ3) is 2.07. The van der Waals surface area contributed by atoms with Gasteiger partial charge in [0.25, 0.3) is 0 Å². The quantitative estimate of drug-likeness (QED) is 0.790. The standard InChI is InChI=1S/C18H19N5/c19-13-5-18(6-13)7-14(8-18)23-11-12(9-21-23)17-10-20-15-3-1-2-4-16(15)22-17/h1-4,9-11,13-14H,5-8,19H2. The normalized spacial score (nSPS) is 29.4. The lowest BCUT2D eigenvalue weighted by Crippen LogP contribution is -2.53. The Morgan fingerprint density at radius 3 is 2.61 bits per heavy atom. The molecule has 1 aromatic carbocycles. The number of aromatic nitrogens is 4. The second-order valence-corrected chi connectivity index (χ2v) is 7.18. The fraction of sp³-hybridized carbons (Fsp3) is 0.389. The van der Waals surface area contributed by atoms with Gasteiger partial charge in [0.05, 0.1) is 35.2 Å². The minimum atomic E-state index is 0.428. The molecular weight excluding hydrogens is 286 g/mol. The Hall–Kier alpha value is -2.27. The molecule has 0 atom stereocenters. The van der Waals surface area contributed by atoms with E-state index in [0.717, 1.165) is 22.3 Å². The van der Waals surface area contributed by atoms with Crippen LogP contribution in [-0.2, 0) is 0 Å². The summed E-state index contributed by atoms with van der Waals surface area (Å²) in [5.74, 6) is 0. The van der Waals surface area contributed by atoms with E-state index in [1.165, 1.54) is 25.7 Å². The van der Waals surface area contributed by atoms with Crippen LogP contribution in [0.1, 0.15) is 31.7 Å². The second kappa shape index (κ2) is 4.61. The van der Waals surface area contributed by atoms with Crippen molar-refractivity contribution in [3.05, 3.63) is 42.9 Å². The van der Waals surface area contributed by atoms with Gasteiger partial charge in [-0.15, -0.1) is 0 Å². The van der Waals surface area contributed by atoms with Crippen molar-refractivity contribution in [1.29, 1.82) is 0 Å². The fourth-order valence-electron chi connectivity index (χ4n) is 4.28. The van der Waals surface area contributed by atoms with Crippen molar-refractivity contribution in [2.75, 3.05) is 0 Å². The Morgan fingerprint density at radius 2 is 1.83 bits per heavy atom. The molecule has 5 rings (SSSR count). The molecule has 2 saturated carbocycles. The predicted molar refractivity (Wildman–Crippen MR) is 88.7 cm³/mol. The topological polar surface area (TPSA) is 69.6 Å². The van der Waals surface area contributed by atoms with Gasteiger partial charge in [-0.2, -0.15) is 5.10 Å². The van der Waals surface area contributed by atoms with Crippen LogP contribution >= 0.6 is 0 Å². The van der Waals surface area contributed by atoms with Gasteiger partial charge in [0, 0.05) is 17.8 Å². The van der Waals surface area contributed by atoms with Gasteiger partial charge >= 0.3 is 0 Å². The molecule has 2 fully saturated rings. The Balaban J connectivity index is 1.38. The van der Waals surface area contributed by atoms with Gasteiger partial charge in [0.15, 0.2) is 0 Å². The number of hydrogen-bond donors (Lipinski definition) is 1. The van der Waals surface area contributed by atoms with E-state index in [2.05, 4.69) is 21.0 Å². The summed E-state index contributed by atoms with van der Waals surface area (Å²) >= 11 is 0. The first kappa shape index (κ1) is 13.2. The predicted octanol–water partition coefficient (Wildman–Crippen LogP) is 2.94. The highest BCUT2D eigenvalue weighted by molar-refractivity contribution is 5.76. The number of nitrogens with zero attached hydrogens (tertiary/aromatic N) is 4. The molecule has 0 amide bonds. The summed E-state index contributed by atoms with van der Waals surface area (Å²) < 4.78 is 2.10. The summed E-state index contributed by atoms with van der Waals surface area (Å²) in [6, 6.07) is 8.88. The van der Waals surface area contributed by atoms with E-state index in [1.54, 1.807) is 0 Å². The summed E-state index contributed by atoms with van der Waals surface area (Å²) in [7, 11) is 0. The van der Waals surface area contributed by atoms with Crippen LogP contribution in [0.5, 0.6) is 0 Å². The van der Waals surface area contributed by atoms with E-state index in [-0.39, 0.29) is 0 Å². The van der Waals surface area contributed by atoms with Crippen molar-refractivity contribution in [2.24, 2.45) is 11.1 Å². The summed E-state index contributed by atoms with van der Waals surface area (Å²) in [4.78, 5) is 9.18. The smallest absolute Gasteiger partial charge is 0.0924 e. The van der Waals surface area contributed by atoms with Crippen LogP contribution in [0, 0.1) is 5.41 Å². The van der Waals surface area contributed by atoms with Crippen molar-refractivity contribution in [2.45, 2.75) is 37.8 Å². The van der Waals surface area contributed by atoms with Gasteiger partial charge in [-0.1, -0.05) is 12.1 Å². The lowest BCUT2D eigenvalue weighted by molar-refractivity contribution is -0.0362. The molecule has 2 aromatic heterocycles. The zero-order valence-corrected chi connectivity index (χ0v) is 12.9.